The summed E-state index contributed by atoms with van der Waals surface area (Å²) in [6, 6.07) is 8.25. The molecule has 3 heteroatoms. The molecule has 116 valence electrons. The summed E-state index contributed by atoms with van der Waals surface area (Å²) in [5.74, 6) is -0.933. The molecule has 1 aliphatic heterocycles. The van der Waals surface area contributed by atoms with Crippen LogP contribution in [0.5, 0.6) is 0 Å². The fraction of sp³-hybridized carbons (Fsp3) is 0.611. The number of para-hydroxylation sites is 1. The molecular weight excluding hydrogens is 262 g/mol. The molecule has 21 heavy (non-hydrogen) atoms. The minimum absolute atomic E-state index is 0.264. The second-order valence-corrected chi connectivity index (χ2v) is 6.08. The highest BCUT2D eigenvalue weighted by atomic mass is 16.4. The molecule has 0 aliphatic carbocycles. The largest absolute Gasteiger partial charge is 0.481 e. The summed E-state index contributed by atoms with van der Waals surface area (Å²) in [4.78, 5) is 13.6. The van der Waals surface area contributed by atoms with Gasteiger partial charge in [0.05, 0.1) is 5.92 Å². The lowest BCUT2D eigenvalue weighted by Gasteiger charge is -2.34. The molecule has 1 unspecified atom stereocenters. The first-order valence-corrected chi connectivity index (χ1v) is 8.28. The summed E-state index contributed by atoms with van der Waals surface area (Å²) < 4.78 is 0. The molecule has 1 heterocycles. The average Bonchev–Trinajstić information content (AvgIpc) is 2.50. The van der Waals surface area contributed by atoms with E-state index in [1.807, 2.05) is 12.1 Å². The molecule has 1 aromatic rings. The number of hydrogen-bond donors (Lipinski definition) is 1. The van der Waals surface area contributed by atoms with E-state index in [1.165, 1.54) is 43.4 Å². The first-order valence-electron chi connectivity index (χ1n) is 8.28. The highest BCUT2D eigenvalue weighted by molar-refractivity contribution is 5.73. The van der Waals surface area contributed by atoms with Gasteiger partial charge in [0.15, 0.2) is 0 Å². The number of aliphatic carboxylic acids is 1. The third-order valence-corrected chi connectivity index (χ3v) is 4.37. The molecule has 0 saturated heterocycles. The molecule has 1 aromatic carbocycles. The molecule has 3 nitrogen and oxygen atoms in total. The number of anilines is 1. The zero-order valence-corrected chi connectivity index (χ0v) is 13.1. The van der Waals surface area contributed by atoms with Crippen LogP contribution < -0.4 is 4.90 Å². The lowest BCUT2D eigenvalue weighted by molar-refractivity contribution is -0.141. The molecular formula is C18H27NO2. The van der Waals surface area contributed by atoms with E-state index in [0.29, 0.717) is 13.0 Å². The molecule has 0 radical (unpaired) electrons. The molecule has 0 amide bonds. The monoisotopic (exact) mass is 289 g/mol. The summed E-state index contributed by atoms with van der Waals surface area (Å²) in [5, 5.41) is 9.32. The number of hydrogen-bond acceptors (Lipinski definition) is 2. The Morgan fingerprint density at radius 3 is 2.67 bits per heavy atom. The Morgan fingerprint density at radius 2 is 1.90 bits per heavy atom. The Kier molecular flexibility index (Phi) is 6.09. The molecule has 1 aliphatic rings. The number of unbranched alkanes of at least 4 members (excludes halogenated alkanes) is 5. The molecule has 0 spiro atoms. The van der Waals surface area contributed by atoms with Gasteiger partial charge in [-0.1, -0.05) is 57.2 Å². The van der Waals surface area contributed by atoms with Crippen LogP contribution in [0.15, 0.2) is 24.3 Å². The van der Waals surface area contributed by atoms with E-state index in [9.17, 15) is 9.90 Å². The third-order valence-electron chi connectivity index (χ3n) is 4.37. The van der Waals surface area contributed by atoms with Crippen molar-refractivity contribution in [3.05, 3.63) is 29.8 Å². The van der Waals surface area contributed by atoms with Gasteiger partial charge >= 0.3 is 5.97 Å². The van der Waals surface area contributed by atoms with Crippen LogP contribution in [0.2, 0.25) is 0 Å². The molecule has 0 aromatic heterocycles. The van der Waals surface area contributed by atoms with Gasteiger partial charge in [-0.15, -0.1) is 0 Å². The van der Waals surface area contributed by atoms with Gasteiger partial charge in [-0.25, -0.2) is 0 Å². The van der Waals surface area contributed by atoms with E-state index in [0.717, 1.165) is 13.0 Å². The first kappa shape index (κ1) is 15.9. The first-order chi connectivity index (χ1) is 10.2. The predicted octanol–water partition coefficient (Wildman–Crippen LogP) is 4.11. The van der Waals surface area contributed by atoms with Gasteiger partial charge in [-0.3, -0.25) is 4.79 Å². The standard InChI is InChI=1S/C18H27NO2/c1-2-3-4-5-6-9-12-19-14-16(18(20)21)13-15-10-7-8-11-17(15)19/h7-8,10-11,16H,2-6,9,12-14H2,1H3,(H,20,21). The third kappa shape index (κ3) is 4.48. The number of nitrogens with zero attached hydrogens (tertiary/aromatic N) is 1. The van der Waals surface area contributed by atoms with Gasteiger partial charge < -0.3 is 10.0 Å². The molecule has 0 bridgehead atoms. The van der Waals surface area contributed by atoms with Crippen molar-refractivity contribution in [2.45, 2.75) is 51.9 Å². The van der Waals surface area contributed by atoms with Gasteiger partial charge in [0, 0.05) is 18.8 Å². The maximum atomic E-state index is 11.3. The smallest absolute Gasteiger partial charge is 0.308 e. The minimum atomic E-state index is -0.669. The van der Waals surface area contributed by atoms with Gasteiger partial charge in [-0.05, 0) is 24.5 Å². The van der Waals surface area contributed by atoms with Crippen molar-refractivity contribution in [1.29, 1.82) is 0 Å². The van der Waals surface area contributed by atoms with Crippen molar-refractivity contribution >= 4 is 11.7 Å². The van der Waals surface area contributed by atoms with Gasteiger partial charge in [0.2, 0.25) is 0 Å². The highest BCUT2D eigenvalue weighted by Gasteiger charge is 2.28. The topological polar surface area (TPSA) is 40.5 Å². The Labute approximate surface area is 128 Å². The van der Waals surface area contributed by atoms with Gasteiger partial charge in [0.1, 0.15) is 0 Å². The molecule has 0 fully saturated rings. The predicted molar refractivity (Wildman–Crippen MR) is 86.9 cm³/mol. The van der Waals surface area contributed by atoms with Crippen molar-refractivity contribution < 1.29 is 9.90 Å². The Morgan fingerprint density at radius 1 is 1.19 bits per heavy atom. The van der Waals surface area contributed by atoms with Crippen molar-refractivity contribution in [3.63, 3.8) is 0 Å². The summed E-state index contributed by atoms with van der Waals surface area (Å²) in [6.07, 6.45) is 8.29. The number of fused-ring (bicyclic) bond motifs is 1. The van der Waals surface area contributed by atoms with Crippen LogP contribution in [0.4, 0.5) is 5.69 Å². The van der Waals surface area contributed by atoms with E-state index < -0.39 is 5.97 Å². The Hall–Kier alpha value is -1.51. The van der Waals surface area contributed by atoms with Crippen LogP contribution in [0.1, 0.15) is 51.0 Å². The average molecular weight is 289 g/mol. The lowest BCUT2D eigenvalue weighted by atomic mass is 9.92. The normalized spacial score (nSPS) is 17.6. The van der Waals surface area contributed by atoms with E-state index >= 15 is 0 Å². The van der Waals surface area contributed by atoms with E-state index in [4.69, 9.17) is 0 Å². The SMILES string of the molecule is CCCCCCCCN1CC(C(=O)O)Cc2ccccc21. The van der Waals surface area contributed by atoms with Crippen molar-refractivity contribution in [2.24, 2.45) is 5.92 Å². The number of carboxylic acid groups (broad SMARTS) is 1. The number of benzene rings is 1. The molecule has 0 saturated carbocycles. The van der Waals surface area contributed by atoms with Crippen LogP contribution in [0, 0.1) is 5.92 Å². The second kappa shape index (κ2) is 8.06. The number of carbonyl (C=O) groups is 1. The van der Waals surface area contributed by atoms with Crippen LogP contribution in [0.25, 0.3) is 0 Å². The van der Waals surface area contributed by atoms with Crippen LogP contribution in [0.3, 0.4) is 0 Å². The second-order valence-electron chi connectivity index (χ2n) is 6.08. The highest BCUT2D eigenvalue weighted by Crippen LogP contribution is 2.30. The van der Waals surface area contributed by atoms with Gasteiger partial charge in [0.25, 0.3) is 0 Å². The molecule has 1 N–H and O–H groups in total. The van der Waals surface area contributed by atoms with E-state index in [2.05, 4.69) is 24.0 Å². The van der Waals surface area contributed by atoms with Crippen molar-refractivity contribution in [1.82, 2.24) is 0 Å². The summed E-state index contributed by atoms with van der Waals surface area (Å²) in [6.45, 7) is 3.87. The zero-order valence-electron chi connectivity index (χ0n) is 13.1. The quantitative estimate of drug-likeness (QED) is 0.732. The van der Waals surface area contributed by atoms with Crippen molar-refractivity contribution in [3.8, 4) is 0 Å². The fourth-order valence-electron chi connectivity index (χ4n) is 3.15. The maximum absolute atomic E-state index is 11.3. The number of rotatable bonds is 8. The summed E-state index contributed by atoms with van der Waals surface area (Å²) >= 11 is 0. The van der Waals surface area contributed by atoms with Crippen molar-refractivity contribution in [2.75, 3.05) is 18.0 Å². The zero-order chi connectivity index (χ0) is 15.1. The van der Waals surface area contributed by atoms with Crippen LogP contribution in [-0.2, 0) is 11.2 Å². The minimum Gasteiger partial charge on any atom is -0.481 e. The van der Waals surface area contributed by atoms with Crippen LogP contribution >= 0.6 is 0 Å². The van der Waals surface area contributed by atoms with E-state index in [-0.39, 0.29) is 5.92 Å². The number of carboxylic acids is 1. The summed E-state index contributed by atoms with van der Waals surface area (Å²) in [7, 11) is 0. The lowest BCUT2D eigenvalue weighted by Crippen LogP contribution is -2.39. The summed E-state index contributed by atoms with van der Waals surface area (Å²) in [5.41, 5.74) is 2.42. The van der Waals surface area contributed by atoms with Crippen LogP contribution in [-0.4, -0.2) is 24.2 Å². The fourth-order valence-corrected chi connectivity index (χ4v) is 3.15. The maximum Gasteiger partial charge on any atom is 0.308 e. The molecule has 2 rings (SSSR count). The van der Waals surface area contributed by atoms with Gasteiger partial charge in [-0.2, -0.15) is 0 Å². The Bertz CT molecular complexity index is 458. The Balaban J connectivity index is 1.90. The molecule has 1 atom stereocenters. The van der Waals surface area contributed by atoms with E-state index in [1.54, 1.807) is 0 Å².